The zero-order valence-electron chi connectivity index (χ0n) is 6.71. The fraction of sp³-hybridized carbons (Fsp3) is 0.100. The lowest BCUT2D eigenvalue weighted by Crippen LogP contribution is -1.83. The van der Waals surface area contributed by atoms with Gasteiger partial charge in [0, 0.05) is 17.0 Å². The van der Waals surface area contributed by atoms with E-state index in [1.54, 1.807) is 0 Å². The Kier molecular flexibility index (Phi) is 1.74. The molecule has 1 heterocycles. The lowest BCUT2D eigenvalue weighted by Gasteiger charge is -2.01. The Hall–Kier alpha value is -1.08. The highest BCUT2D eigenvalue weighted by Gasteiger charge is 2.00. The van der Waals surface area contributed by atoms with Crippen LogP contribution in [0.2, 0.25) is 5.02 Å². The first-order valence-electron chi connectivity index (χ1n) is 3.79. The molecule has 0 saturated heterocycles. The van der Waals surface area contributed by atoms with Gasteiger partial charge in [-0.15, -0.1) is 0 Å². The number of hydrogen-bond donors (Lipinski definition) is 0. The Bertz CT molecular complexity index is 423. The molecule has 0 aliphatic carbocycles. The number of fused-ring (bicyclic) bond motifs is 1. The quantitative estimate of drug-likeness (QED) is 0.602. The van der Waals surface area contributed by atoms with E-state index in [2.05, 4.69) is 4.98 Å². The van der Waals surface area contributed by atoms with Crippen LogP contribution in [0.1, 0.15) is 5.69 Å². The topological polar surface area (TPSA) is 12.9 Å². The van der Waals surface area contributed by atoms with E-state index in [1.165, 1.54) is 0 Å². The first-order chi connectivity index (χ1) is 5.79. The smallest absolute Gasteiger partial charge is 0.0696 e. The van der Waals surface area contributed by atoms with Crippen molar-refractivity contribution >= 4 is 22.4 Å². The van der Waals surface area contributed by atoms with Gasteiger partial charge in [0.1, 0.15) is 0 Å². The van der Waals surface area contributed by atoms with Crippen molar-refractivity contribution in [2.24, 2.45) is 0 Å². The van der Waals surface area contributed by atoms with E-state index in [-0.39, 0.29) is 0 Å². The van der Waals surface area contributed by atoms with Crippen LogP contribution >= 0.6 is 11.6 Å². The molecule has 0 bridgehead atoms. The van der Waals surface area contributed by atoms with Crippen LogP contribution in [-0.2, 0) is 0 Å². The summed E-state index contributed by atoms with van der Waals surface area (Å²) in [5.74, 6) is 0. The third-order valence-electron chi connectivity index (χ3n) is 1.91. The fourth-order valence-corrected chi connectivity index (χ4v) is 1.45. The van der Waals surface area contributed by atoms with Crippen LogP contribution < -0.4 is 0 Å². The fourth-order valence-electron chi connectivity index (χ4n) is 1.23. The number of aryl methyl sites for hydroxylation is 1. The van der Waals surface area contributed by atoms with Gasteiger partial charge in [0.2, 0.25) is 0 Å². The van der Waals surface area contributed by atoms with Crippen LogP contribution in [0.5, 0.6) is 0 Å². The lowest BCUT2D eigenvalue weighted by molar-refractivity contribution is 1.22. The molecule has 0 amide bonds. The molecule has 2 heteroatoms. The molecule has 1 nitrogen and oxygen atoms in total. The number of rotatable bonds is 0. The molecular formula is C10H8ClN. The summed E-state index contributed by atoms with van der Waals surface area (Å²) < 4.78 is 0. The Morgan fingerprint density at radius 3 is 2.83 bits per heavy atom. The van der Waals surface area contributed by atoms with Gasteiger partial charge in [-0.1, -0.05) is 35.9 Å². The van der Waals surface area contributed by atoms with E-state index in [1.807, 2.05) is 37.4 Å². The third kappa shape index (κ3) is 1.07. The molecule has 2 rings (SSSR count). The van der Waals surface area contributed by atoms with E-state index < -0.39 is 0 Å². The van der Waals surface area contributed by atoms with Crippen LogP contribution in [0.25, 0.3) is 10.8 Å². The predicted molar refractivity (Wildman–Crippen MR) is 51.5 cm³/mol. The minimum atomic E-state index is 0.758. The van der Waals surface area contributed by atoms with Crippen molar-refractivity contribution in [3.63, 3.8) is 0 Å². The second-order valence-electron chi connectivity index (χ2n) is 2.74. The molecule has 0 aliphatic rings. The molecule has 0 atom stereocenters. The minimum absolute atomic E-state index is 0.758. The van der Waals surface area contributed by atoms with Crippen molar-refractivity contribution in [1.82, 2.24) is 4.98 Å². The van der Waals surface area contributed by atoms with Gasteiger partial charge >= 0.3 is 0 Å². The second kappa shape index (κ2) is 2.76. The van der Waals surface area contributed by atoms with Crippen molar-refractivity contribution < 1.29 is 0 Å². The van der Waals surface area contributed by atoms with Crippen molar-refractivity contribution in [2.45, 2.75) is 6.92 Å². The number of nitrogens with zero attached hydrogens (tertiary/aromatic N) is 1. The van der Waals surface area contributed by atoms with Crippen LogP contribution in [0.4, 0.5) is 0 Å². The maximum Gasteiger partial charge on any atom is 0.0696 e. The summed E-state index contributed by atoms with van der Waals surface area (Å²) in [5.41, 5.74) is 0.885. The van der Waals surface area contributed by atoms with E-state index in [0.29, 0.717) is 0 Å². The van der Waals surface area contributed by atoms with Gasteiger partial charge in [-0.2, -0.15) is 0 Å². The molecule has 0 aliphatic heterocycles. The average Bonchev–Trinajstić information content (AvgIpc) is 2.12. The molecule has 2 aromatic rings. The number of hydrogen-bond acceptors (Lipinski definition) is 1. The SMILES string of the molecule is Cc1ncc2ccccc2c1Cl. The highest BCUT2D eigenvalue weighted by molar-refractivity contribution is 6.36. The van der Waals surface area contributed by atoms with E-state index in [9.17, 15) is 0 Å². The zero-order chi connectivity index (χ0) is 8.55. The molecule has 1 aromatic carbocycles. The summed E-state index contributed by atoms with van der Waals surface area (Å²) in [7, 11) is 0. The van der Waals surface area contributed by atoms with Crippen LogP contribution in [0.3, 0.4) is 0 Å². The second-order valence-corrected chi connectivity index (χ2v) is 3.12. The molecule has 0 saturated carbocycles. The van der Waals surface area contributed by atoms with Gasteiger partial charge in [0.05, 0.1) is 10.7 Å². The van der Waals surface area contributed by atoms with Gasteiger partial charge in [0.25, 0.3) is 0 Å². The molecule has 0 N–H and O–H groups in total. The number of aromatic nitrogens is 1. The number of benzene rings is 1. The minimum Gasteiger partial charge on any atom is -0.259 e. The molecule has 0 spiro atoms. The molecular weight excluding hydrogens is 170 g/mol. The maximum absolute atomic E-state index is 6.06. The summed E-state index contributed by atoms with van der Waals surface area (Å²) in [4.78, 5) is 4.17. The predicted octanol–water partition coefficient (Wildman–Crippen LogP) is 3.20. The van der Waals surface area contributed by atoms with Crippen molar-refractivity contribution in [3.8, 4) is 0 Å². The summed E-state index contributed by atoms with van der Waals surface area (Å²) >= 11 is 6.06. The maximum atomic E-state index is 6.06. The van der Waals surface area contributed by atoms with Gasteiger partial charge in [-0.05, 0) is 6.92 Å². The molecule has 0 radical (unpaired) electrons. The summed E-state index contributed by atoms with van der Waals surface area (Å²) in [6, 6.07) is 7.98. The number of pyridine rings is 1. The van der Waals surface area contributed by atoms with E-state index in [4.69, 9.17) is 11.6 Å². The van der Waals surface area contributed by atoms with Crippen LogP contribution in [-0.4, -0.2) is 4.98 Å². The standard InChI is InChI=1S/C10H8ClN/c1-7-10(11)9-5-3-2-4-8(9)6-12-7/h2-6H,1H3. The molecule has 12 heavy (non-hydrogen) atoms. The molecule has 0 unspecified atom stereocenters. The first kappa shape index (κ1) is 7.56. The largest absolute Gasteiger partial charge is 0.259 e. The first-order valence-corrected chi connectivity index (χ1v) is 4.16. The highest BCUT2D eigenvalue weighted by Crippen LogP contribution is 2.24. The lowest BCUT2D eigenvalue weighted by atomic mass is 10.1. The molecule has 60 valence electrons. The highest BCUT2D eigenvalue weighted by atomic mass is 35.5. The zero-order valence-corrected chi connectivity index (χ0v) is 7.47. The normalized spacial score (nSPS) is 10.5. The Labute approximate surface area is 76.0 Å². The van der Waals surface area contributed by atoms with Crippen molar-refractivity contribution in [3.05, 3.63) is 41.2 Å². The van der Waals surface area contributed by atoms with Crippen molar-refractivity contribution in [2.75, 3.05) is 0 Å². The van der Waals surface area contributed by atoms with Crippen LogP contribution in [0.15, 0.2) is 30.5 Å². The van der Waals surface area contributed by atoms with Gasteiger partial charge in [-0.3, -0.25) is 4.98 Å². The van der Waals surface area contributed by atoms with Crippen LogP contribution in [0, 0.1) is 6.92 Å². The Morgan fingerprint density at radius 2 is 2.00 bits per heavy atom. The van der Waals surface area contributed by atoms with Gasteiger partial charge in [0.15, 0.2) is 0 Å². The molecule has 1 aromatic heterocycles. The monoisotopic (exact) mass is 177 g/mol. The third-order valence-corrected chi connectivity index (χ3v) is 2.39. The van der Waals surface area contributed by atoms with E-state index in [0.717, 1.165) is 21.5 Å². The van der Waals surface area contributed by atoms with Crippen molar-refractivity contribution in [1.29, 1.82) is 0 Å². The summed E-state index contributed by atoms with van der Waals surface area (Å²) in [5, 5.41) is 2.92. The number of halogens is 1. The average molecular weight is 178 g/mol. The molecule has 0 fully saturated rings. The summed E-state index contributed by atoms with van der Waals surface area (Å²) in [6.07, 6.45) is 1.84. The van der Waals surface area contributed by atoms with Gasteiger partial charge < -0.3 is 0 Å². The van der Waals surface area contributed by atoms with Gasteiger partial charge in [-0.25, -0.2) is 0 Å². The van der Waals surface area contributed by atoms with E-state index >= 15 is 0 Å². The Morgan fingerprint density at radius 1 is 1.25 bits per heavy atom. The summed E-state index contributed by atoms with van der Waals surface area (Å²) in [6.45, 7) is 1.91. The Balaban J connectivity index is 2.91.